The van der Waals surface area contributed by atoms with E-state index in [1.165, 1.54) is 11.1 Å². The van der Waals surface area contributed by atoms with E-state index >= 15 is 0 Å². The van der Waals surface area contributed by atoms with Crippen molar-refractivity contribution in [3.8, 4) is 0 Å². The maximum absolute atomic E-state index is 3.94. The van der Waals surface area contributed by atoms with Crippen molar-refractivity contribution in [3.63, 3.8) is 0 Å². The summed E-state index contributed by atoms with van der Waals surface area (Å²) in [7, 11) is 0. The van der Waals surface area contributed by atoms with Crippen LogP contribution in [0, 0.1) is 5.92 Å². The van der Waals surface area contributed by atoms with Crippen LogP contribution in [-0.4, -0.2) is 23.5 Å². The molecule has 0 spiro atoms. The molecule has 1 heteroatoms. The Kier molecular flexibility index (Phi) is 4.53. The molecule has 1 aliphatic heterocycles. The summed E-state index contributed by atoms with van der Waals surface area (Å²) in [4.78, 5) is 2.52. The monoisotopic (exact) mass is 231 g/mol. The van der Waals surface area contributed by atoms with Crippen molar-refractivity contribution in [1.29, 1.82) is 0 Å². The van der Waals surface area contributed by atoms with Gasteiger partial charge in [-0.3, -0.25) is 4.90 Å². The quantitative estimate of drug-likeness (QED) is 0.665. The molecule has 0 aromatic carbocycles. The topological polar surface area (TPSA) is 3.24 Å². The lowest BCUT2D eigenvalue weighted by atomic mass is 9.88. The maximum atomic E-state index is 3.94. The third-order valence-corrected chi connectivity index (χ3v) is 3.36. The van der Waals surface area contributed by atoms with Gasteiger partial charge in [-0.2, -0.15) is 0 Å². The van der Waals surface area contributed by atoms with Gasteiger partial charge in [-0.05, 0) is 37.8 Å². The normalized spacial score (nSPS) is 23.2. The summed E-state index contributed by atoms with van der Waals surface area (Å²) in [5.74, 6) is 0.546. The van der Waals surface area contributed by atoms with Crippen molar-refractivity contribution in [2.75, 3.05) is 13.1 Å². The van der Waals surface area contributed by atoms with E-state index in [1.807, 2.05) is 18.2 Å². The maximum Gasteiger partial charge on any atom is 0.0242 e. The minimum absolute atomic E-state index is 0.216. The van der Waals surface area contributed by atoms with Crippen LogP contribution in [0.25, 0.3) is 0 Å². The summed E-state index contributed by atoms with van der Waals surface area (Å²) in [6.07, 6.45) is 8.01. The number of allylic oxidation sites excluding steroid dienone is 3. The minimum atomic E-state index is 0.216. The van der Waals surface area contributed by atoms with Gasteiger partial charge in [0.15, 0.2) is 0 Å². The summed E-state index contributed by atoms with van der Waals surface area (Å²) >= 11 is 0. The zero-order valence-electron chi connectivity index (χ0n) is 11.7. The molecule has 1 heterocycles. The van der Waals surface area contributed by atoms with Crippen molar-refractivity contribution >= 4 is 0 Å². The van der Waals surface area contributed by atoms with Gasteiger partial charge in [-0.1, -0.05) is 44.4 Å². The van der Waals surface area contributed by atoms with E-state index in [-0.39, 0.29) is 5.54 Å². The molecule has 0 aliphatic carbocycles. The molecular weight excluding hydrogens is 206 g/mol. The Morgan fingerprint density at radius 2 is 1.94 bits per heavy atom. The first-order valence-corrected chi connectivity index (χ1v) is 6.29. The van der Waals surface area contributed by atoms with Gasteiger partial charge in [0.1, 0.15) is 0 Å². The lowest BCUT2D eigenvalue weighted by Crippen LogP contribution is -2.47. The van der Waals surface area contributed by atoms with E-state index in [1.54, 1.807) is 0 Å². The molecule has 0 amide bonds. The van der Waals surface area contributed by atoms with Crippen LogP contribution < -0.4 is 0 Å². The van der Waals surface area contributed by atoms with Gasteiger partial charge in [0, 0.05) is 18.6 Å². The third-order valence-electron chi connectivity index (χ3n) is 3.36. The first kappa shape index (κ1) is 14.0. The van der Waals surface area contributed by atoms with Crippen molar-refractivity contribution in [2.24, 2.45) is 5.92 Å². The van der Waals surface area contributed by atoms with Crippen molar-refractivity contribution in [2.45, 2.75) is 33.2 Å². The van der Waals surface area contributed by atoms with Gasteiger partial charge in [-0.25, -0.2) is 0 Å². The van der Waals surface area contributed by atoms with E-state index in [9.17, 15) is 0 Å². The average molecular weight is 231 g/mol. The summed E-state index contributed by atoms with van der Waals surface area (Å²) in [5.41, 5.74) is 2.96. The Morgan fingerprint density at radius 1 is 1.29 bits per heavy atom. The Morgan fingerprint density at radius 3 is 2.41 bits per heavy atom. The van der Waals surface area contributed by atoms with Crippen LogP contribution in [0.1, 0.15) is 27.7 Å². The summed E-state index contributed by atoms with van der Waals surface area (Å²) in [6, 6.07) is 0. The molecular formula is C16H25N. The molecule has 1 rings (SSSR count). The van der Waals surface area contributed by atoms with Crippen LogP contribution >= 0.6 is 0 Å². The molecule has 17 heavy (non-hydrogen) atoms. The van der Waals surface area contributed by atoms with Crippen LogP contribution in [-0.2, 0) is 0 Å². The van der Waals surface area contributed by atoms with Gasteiger partial charge in [0.05, 0.1) is 0 Å². The highest BCUT2D eigenvalue weighted by molar-refractivity contribution is 5.38. The van der Waals surface area contributed by atoms with Crippen LogP contribution in [0.15, 0.2) is 48.6 Å². The van der Waals surface area contributed by atoms with E-state index in [4.69, 9.17) is 0 Å². The molecule has 0 aromatic rings. The summed E-state index contributed by atoms with van der Waals surface area (Å²) in [5, 5.41) is 0. The average Bonchev–Trinajstić information content (AvgIpc) is 2.24. The summed E-state index contributed by atoms with van der Waals surface area (Å²) < 4.78 is 0. The Balaban J connectivity index is 3.05. The first-order chi connectivity index (χ1) is 7.90. The highest BCUT2D eigenvalue weighted by atomic mass is 15.2. The molecule has 1 nitrogen and oxygen atoms in total. The number of rotatable bonds is 3. The lowest BCUT2D eigenvalue weighted by Gasteiger charge is -2.42. The van der Waals surface area contributed by atoms with Gasteiger partial charge >= 0.3 is 0 Å². The number of nitrogens with zero attached hydrogens (tertiary/aromatic N) is 1. The molecule has 1 aliphatic rings. The molecule has 1 atom stereocenters. The zero-order chi connectivity index (χ0) is 13.1. The van der Waals surface area contributed by atoms with Crippen LogP contribution in [0.5, 0.6) is 0 Å². The molecule has 0 saturated heterocycles. The van der Waals surface area contributed by atoms with Crippen LogP contribution in [0.2, 0.25) is 0 Å². The van der Waals surface area contributed by atoms with E-state index in [2.05, 4.69) is 51.8 Å². The van der Waals surface area contributed by atoms with E-state index < -0.39 is 0 Å². The predicted molar refractivity (Wildman–Crippen MR) is 77.1 cm³/mol. The Hall–Kier alpha value is -1.08. The van der Waals surface area contributed by atoms with Gasteiger partial charge in [-0.15, -0.1) is 0 Å². The molecule has 0 fully saturated rings. The third kappa shape index (κ3) is 3.44. The molecule has 1 unspecified atom stereocenters. The lowest BCUT2D eigenvalue weighted by molar-refractivity contribution is 0.128. The Bertz CT molecular complexity index is 352. The molecule has 0 radical (unpaired) electrons. The molecule has 0 N–H and O–H groups in total. The van der Waals surface area contributed by atoms with Crippen molar-refractivity contribution in [3.05, 3.63) is 48.6 Å². The Labute approximate surface area is 106 Å². The van der Waals surface area contributed by atoms with Gasteiger partial charge < -0.3 is 0 Å². The highest BCUT2D eigenvalue weighted by Crippen LogP contribution is 2.29. The smallest absolute Gasteiger partial charge is 0.0242 e. The first-order valence-electron chi connectivity index (χ1n) is 6.29. The van der Waals surface area contributed by atoms with E-state index in [0.29, 0.717) is 5.92 Å². The van der Waals surface area contributed by atoms with E-state index in [0.717, 1.165) is 13.1 Å². The standard InChI is InChI=1S/C16H25N/c1-7-9-10-14-12-17(16(4,5)6)11-13(3)15(14)8-2/h7-10,13H,1-2,11-12H2,3-6H3/b10-9-. The SMILES string of the molecule is C=C/C=C\C1=C(C=C)C(C)CN(C(C)(C)C)C1. The molecule has 94 valence electrons. The fourth-order valence-corrected chi connectivity index (χ4v) is 2.28. The second kappa shape index (κ2) is 5.50. The van der Waals surface area contributed by atoms with Crippen LogP contribution in [0.4, 0.5) is 0 Å². The van der Waals surface area contributed by atoms with Crippen LogP contribution in [0.3, 0.4) is 0 Å². The second-order valence-electron chi connectivity index (χ2n) is 5.73. The predicted octanol–water partition coefficient (Wildman–Crippen LogP) is 3.96. The summed E-state index contributed by atoms with van der Waals surface area (Å²) in [6.45, 7) is 18.9. The van der Waals surface area contributed by atoms with Gasteiger partial charge in [0.25, 0.3) is 0 Å². The zero-order valence-corrected chi connectivity index (χ0v) is 11.7. The second-order valence-corrected chi connectivity index (χ2v) is 5.73. The number of hydrogen-bond donors (Lipinski definition) is 0. The molecule has 0 bridgehead atoms. The van der Waals surface area contributed by atoms with Gasteiger partial charge in [0.2, 0.25) is 0 Å². The number of hydrogen-bond acceptors (Lipinski definition) is 1. The largest absolute Gasteiger partial charge is 0.294 e. The molecule has 0 aromatic heterocycles. The minimum Gasteiger partial charge on any atom is -0.294 e. The van der Waals surface area contributed by atoms with Crippen molar-refractivity contribution in [1.82, 2.24) is 4.90 Å². The fraction of sp³-hybridized carbons (Fsp3) is 0.500. The van der Waals surface area contributed by atoms with Crippen molar-refractivity contribution < 1.29 is 0 Å². The molecule has 0 saturated carbocycles. The highest BCUT2D eigenvalue weighted by Gasteiger charge is 2.28. The fourth-order valence-electron chi connectivity index (χ4n) is 2.28.